The van der Waals surface area contributed by atoms with Crippen LogP contribution >= 0.6 is 0 Å². The lowest BCUT2D eigenvalue weighted by molar-refractivity contribution is 0.173. The van der Waals surface area contributed by atoms with Gasteiger partial charge in [0, 0.05) is 0 Å². The lowest BCUT2D eigenvalue weighted by Crippen LogP contribution is -2.18. The van der Waals surface area contributed by atoms with E-state index in [-0.39, 0.29) is 0 Å². The molecule has 0 fully saturated rings. The molecular formula is C16H16O2. The van der Waals surface area contributed by atoms with Gasteiger partial charge in [-0.2, -0.15) is 0 Å². The van der Waals surface area contributed by atoms with E-state index in [0.717, 1.165) is 28.7 Å². The van der Waals surface area contributed by atoms with Crippen molar-refractivity contribution < 1.29 is 10.2 Å². The molecule has 0 heterocycles. The summed E-state index contributed by atoms with van der Waals surface area (Å²) < 4.78 is 0. The molecule has 0 amide bonds. The zero-order chi connectivity index (χ0) is 12.7. The molecule has 0 radical (unpaired) electrons. The van der Waals surface area contributed by atoms with Gasteiger partial charge in [-0.3, -0.25) is 0 Å². The SMILES string of the molecule is CCc1ccc2c(c1)[C@@H](O)c1ccccc1[C@H]2O. The van der Waals surface area contributed by atoms with Crippen molar-refractivity contribution in [2.75, 3.05) is 0 Å². The fraction of sp³-hybridized carbons (Fsp3) is 0.250. The maximum Gasteiger partial charge on any atom is 0.105 e. The molecular weight excluding hydrogens is 224 g/mol. The van der Waals surface area contributed by atoms with Gasteiger partial charge in [0.2, 0.25) is 0 Å². The van der Waals surface area contributed by atoms with Crippen LogP contribution in [0.5, 0.6) is 0 Å². The van der Waals surface area contributed by atoms with Crippen molar-refractivity contribution >= 4 is 0 Å². The van der Waals surface area contributed by atoms with E-state index < -0.39 is 12.2 Å². The van der Waals surface area contributed by atoms with Gasteiger partial charge >= 0.3 is 0 Å². The molecule has 1 aliphatic carbocycles. The zero-order valence-electron chi connectivity index (χ0n) is 10.3. The molecule has 1 aliphatic rings. The second-order valence-electron chi connectivity index (χ2n) is 4.75. The van der Waals surface area contributed by atoms with Gasteiger partial charge in [0.25, 0.3) is 0 Å². The van der Waals surface area contributed by atoms with Crippen LogP contribution in [0.1, 0.15) is 46.9 Å². The third-order valence-electron chi connectivity index (χ3n) is 3.73. The number of hydrogen-bond acceptors (Lipinski definition) is 2. The molecule has 2 aromatic carbocycles. The average Bonchev–Trinajstić information content (AvgIpc) is 2.44. The summed E-state index contributed by atoms with van der Waals surface area (Å²) in [7, 11) is 0. The fourth-order valence-corrected chi connectivity index (χ4v) is 2.67. The normalized spacial score (nSPS) is 21.3. The van der Waals surface area contributed by atoms with Crippen LogP contribution in [0.15, 0.2) is 42.5 Å². The summed E-state index contributed by atoms with van der Waals surface area (Å²) in [6.07, 6.45) is -0.339. The number of aliphatic hydroxyl groups is 2. The van der Waals surface area contributed by atoms with Crippen LogP contribution in [0.2, 0.25) is 0 Å². The number of fused-ring (bicyclic) bond motifs is 2. The highest BCUT2D eigenvalue weighted by molar-refractivity contribution is 5.50. The molecule has 0 unspecified atom stereocenters. The minimum Gasteiger partial charge on any atom is -0.384 e. The lowest BCUT2D eigenvalue weighted by atomic mass is 9.81. The number of benzene rings is 2. The van der Waals surface area contributed by atoms with Crippen LogP contribution in [-0.4, -0.2) is 10.2 Å². The first-order chi connectivity index (χ1) is 8.72. The van der Waals surface area contributed by atoms with E-state index in [1.54, 1.807) is 0 Å². The van der Waals surface area contributed by atoms with E-state index in [4.69, 9.17) is 0 Å². The van der Waals surface area contributed by atoms with Gasteiger partial charge in [-0.05, 0) is 34.2 Å². The first-order valence-corrected chi connectivity index (χ1v) is 6.30. The smallest absolute Gasteiger partial charge is 0.105 e. The second kappa shape index (κ2) is 4.23. The van der Waals surface area contributed by atoms with E-state index in [9.17, 15) is 10.2 Å². The first kappa shape index (κ1) is 11.5. The summed E-state index contributed by atoms with van der Waals surface area (Å²) in [5.41, 5.74) is 4.45. The predicted molar refractivity (Wildman–Crippen MR) is 70.4 cm³/mol. The van der Waals surface area contributed by atoms with E-state index >= 15 is 0 Å². The lowest BCUT2D eigenvalue weighted by Gasteiger charge is -2.29. The molecule has 0 saturated heterocycles. The Labute approximate surface area is 107 Å². The standard InChI is InChI=1S/C16H16O2/c1-2-10-7-8-13-14(9-10)16(18)12-6-4-3-5-11(12)15(13)17/h3-9,15-18H,2H2,1H3/t15-,16+/m1/s1. The quantitative estimate of drug-likeness (QED) is 0.804. The third-order valence-corrected chi connectivity index (χ3v) is 3.73. The Kier molecular flexibility index (Phi) is 2.69. The molecule has 2 nitrogen and oxygen atoms in total. The van der Waals surface area contributed by atoms with E-state index in [0.29, 0.717) is 0 Å². The van der Waals surface area contributed by atoms with E-state index in [2.05, 4.69) is 6.92 Å². The summed E-state index contributed by atoms with van der Waals surface area (Å²) in [4.78, 5) is 0. The average molecular weight is 240 g/mol. The van der Waals surface area contributed by atoms with Gasteiger partial charge in [0.05, 0.1) is 0 Å². The summed E-state index contributed by atoms with van der Waals surface area (Å²) in [5, 5.41) is 20.8. The van der Waals surface area contributed by atoms with E-state index in [1.807, 2.05) is 42.5 Å². The Morgan fingerprint density at radius 2 is 1.39 bits per heavy atom. The molecule has 18 heavy (non-hydrogen) atoms. The van der Waals surface area contributed by atoms with Crippen LogP contribution in [-0.2, 0) is 6.42 Å². The molecule has 0 aliphatic heterocycles. The minimum absolute atomic E-state index is 0.633. The molecule has 0 spiro atoms. The highest BCUT2D eigenvalue weighted by atomic mass is 16.3. The van der Waals surface area contributed by atoms with Gasteiger partial charge in [-0.1, -0.05) is 49.4 Å². The van der Waals surface area contributed by atoms with Gasteiger partial charge in [0.15, 0.2) is 0 Å². The van der Waals surface area contributed by atoms with Crippen LogP contribution < -0.4 is 0 Å². The largest absolute Gasteiger partial charge is 0.384 e. The second-order valence-corrected chi connectivity index (χ2v) is 4.75. The third kappa shape index (κ3) is 1.57. The highest BCUT2D eigenvalue weighted by Crippen LogP contribution is 2.40. The molecule has 0 saturated carbocycles. The highest BCUT2D eigenvalue weighted by Gasteiger charge is 2.29. The molecule has 92 valence electrons. The summed E-state index contributed by atoms with van der Waals surface area (Å²) >= 11 is 0. The molecule has 2 atom stereocenters. The Hall–Kier alpha value is -1.64. The number of rotatable bonds is 1. The van der Waals surface area contributed by atoms with Crippen molar-refractivity contribution in [3.05, 3.63) is 70.3 Å². The molecule has 2 N–H and O–H groups in total. The van der Waals surface area contributed by atoms with Crippen molar-refractivity contribution in [3.63, 3.8) is 0 Å². The summed E-state index contributed by atoms with van der Waals surface area (Å²) in [5.74, 6) is 0. The van der Waals surface area contributed by atoms with Crippen molar-refractivity contribution in [1.82, 2.24) is 0 Å². The molecule has 2 heteroatoms. The monoisotopic (exact) mass is 240 g/mol. The van der Waals surface area contributed by atoms with Crippen LogP contribution in [0.25, 0.3) is 0 Å². The Morgan fingerprint density at radius 1 is 0.833 bits per heavy atom. The van der Waals surface area contributed by atoms with Gasteiger partial charge < -0.3 is 10.2 Å². The number of hydrogen-bond donors (Lipinski definition) is 2. The first-order valence-electron chi connectivity index (χ1n) is 6.30. The minimum atomic E-state index is -0.634. The maximum atomic E-state index is 10.4. The summed E-state index contributed by atoms with van der Waals surface area (Å²) in [6.45, 7) is 2.08. The maximum absolute atomic E-state index is 10.4. The van der Waals surface area contributed by atoms with Crippen molar-refractivity contribution in [1.29, 1.82) is 0 Å². The van der Waals surface area contributed by atoms with Crippen LogP contribution in [0.4, 0.5) is 0 Å². The Balaban J connectivity index is 2.20. The zero-order valence-corrected chi connectivity index (χ0v) is 10.3. The molecule has 3 rings (SSSR count). The van der Waals surface area contributed by atoms with Gasteiger partial charge in [-0.25, -0.2) is 0 Å². The topological polar surface area (TPSA) is 40.5 Å². The van der Waals surface area contributed by atoms with Crippen LogP contribution in [0.3, 0.4) is 0 Å². The number of aryl methyl sites for hydroxylation is 1. The predicted octanol–water partition coefficient (Wildman–Crippen LogP) is 2.73. The molecule has 0 bridgehead atoms. The fourth-order valence-electron chi connectivity index (χ4n) is 2.67. The van der Waals surface area contributed by atoms with Gasteiger partial charge in [-0.15, -0.1) is 0 Å². The molecule has 2 aromatic rings. The van der Waals surface area contributed by atoms with Crippen molar-refractivity contribution in [2.45, 2.75) is 25.6 Å². The Morgan fingerprint density at radius 3 is 2.00 bits per heavy atom. The van der Waals surface area contributed by atoms with Crippen molar-refractivity contribution in [2.24, 2.45) is 0 Å². The summed E-state index contributed by atoms with van der Waals surface area (Å²) in [6, 6.07) is 13.5. The number of aliphatic hydroxyl groups excluding tert-OH is 2. The van der Waals surface area contributed by atoms with Gasteiger partial charge in [0.1, 0.15) is 12.2 Å². The van der Waals surface area contributed by atoms with Crippen LogP contribution in [0, 0.1) is 0 Å². The van der Waals surface area contributed by atoms with Crippen molar-refractivity contribution in [3.8, 4) is 0 Å². The molecule has 0 aromatic heterocycles. The Bertz CT molecular complexity index is 589. The van der Waals surface area contributed by atoms with E-state index in [1.165, 1.54) is 5.56 Å².